The van der Waals surface area contributed by atoms with E-state index in [0.717, 1.165) is 25.7 Å². The molecule has 0 radical (unpaired) electrons. The Morgan fingerprint density at radius 2 is 1.95 bits per heavy atom. The van der Waals surface area contributed by atoms with Crippen molar-refractivity contribution < 1.29 is 30.0 Å². The van der Waals surface area contributed by atoms with Crippen molar-refractivity contribution in [2.75, 3.05) is 6.61 Å². The molecule has 22 heavy (non-hydrogen) atoms. The maximum atomic E-state index is 11.2. The lowest BCUT2D eigenvalue weighted by Gasteiger charge is -2.41. The predicted molar refractivity (Wildman–Crippen MR) is 81.2 cm³/mol. The molecule has 0 aromatic heterocycles. The predicted octanol–water partition coefficient (Wildman–Crippen LogP) is -1.03. The maximum absolute atomic E-state index is 11.2. The summed E-state index contributed by atoms with van der Waals surface area (Å²) in [6.07, 6.45) is -1.11. The molecule has 1 aliphatic carbocycles. The number of thioether (sulfide) groups is 1. The van der Waals surface area contributed by atoms with E-state index in [4.69, 9.17) is 4.74 Å². The molecule has 5 unspecified atom stereocenters. The van der Waals surface area contributed by atoms with Crippen LogP contribution in [0.3, 0.4) is 0 Å². The Balaban J connectivity index is 1.92. The second kappa shape index (κ2) is 7.94. The molecule has 1 saturated carbocycles. The van der Waals surface area contributed by atoms with Gasteiger partial charge in [-0.25, -0.2) is 0 Å². The fourth-order valence-corrected chi connectivity index (χ4v) is 4.61. The molecular formula is C14H25NO6S. The minimum atomic E-state index is -1.34. The van der Waals surface area contributed by atoms with Crippen LogP contribution in [0.15, 0.2) is 0 Å². The van der Waals surface area contributed by atoms with Crippen molar-refractivity contribution >= 4 is 17.7 Å². The summed E-state index contributed by atoms with van der Waals surface area (Å²) < 4.78 is 5.52. The Hall–Kier alpha value is -0.380. The molecule has 2 fully saturated rings. The molecule has 2 rings (SSSR count). The molecule has 1 aliphatic heterocycles. The first-order valence-electron chi connectivity index (χ1n) is 7.65. The zero-order chi connectivity index (χ0) is 16.3. The molecular weight excluding hydrogens is 310 g/mol. The van der Waals surface area contributed by atoms with Crippen molar-refractivity contribution in [1.29, 1.82) is 0 Å². The number of aliphatic hydroxyl groups is 4. The van der Waals surface area contributed by atoms with E-state index in [9.17, 15) is 25.2 Å². The highest BCUT2D eigenvalue weighted by atomic mass is 32.2. The summed E-state index contributed by atoms with van der Waals surface area (Å²) in [5, 5.41) is 41.9. The van der Waals surface area contributed by atoms with E-state index < -0.39 is 36.5 Å². The summed E-state index contributed by atoms with van der Waals surface area (Å²) in [5.41, 5.74) is -0.698. The number of amides is 1. The molecule has 0 bridgehead atoms. The first-order chi connectivity index (χ1) is 10.4. The van der Waals surface area contributed by atoms with E-state index >= 15 is 0 Å². The van der Waals surface area contributed by atoms with Crippen LogP contribution in [0, 0.1) is 0 Å². The average Bonchev–Trinajstić information content (AvgIpc) is 2.47. The van der Waals surface area contributed by atoms with Crippen molar-refractivity contribution in [3.05, 3.63) is 0 Å². The van der Waals surface area contributed by atoms with E-state index in [-0.39, 0.29) is 17.2 Å². The number of carbonyl (C=O) groups is 1. The lowest BCUT2D eigenvalue weighted by molar-refractivity contribution is -0.205. The Morgan fingerprint density at radius 1 is 1.23 bits per heavy atom. The Morgan fingerprint density at radius 3 is 2.59 bits per heavy atom. The first-order valence-corrected chi connectivity index (χ1v) is 8.59. The van der Waals surface area contributed by atoms with E-state index in [1.165, 1.54) is 18.7 Å². The molecule has 0 aromatic rings. The smallest absolute Gasteiger partial charge is 0.217 e. The van der Waals surface area contributed by atoms with Crippen molar-refractivity contribution in [3.8, 4) is 0 Å². The first kappa shape index (κ1) is 18.0. The third-order valence-corrected chi connectivity index (χ3v) is 5.68. The Kier molecular flexibility index (Phi) is 6.48. The summed E-state index contributed by atoms with van der Waals surface area (Å²) in [6, 6.07) is 0.119. The highest BCUT2D eigenvalue weighted by Crippen LogP contribution is 2.36. The van der Waals surface area contributed by atoms with Gasteiger partial charge in [-0.1, -0.05) is 6.42 Å². The van der Waals surface area contributed by atoms with Gasteiger partial charge >= 0.3 is 0 Å². The summed E-state index contributed by atoms with van der Waals surface area (Å²) in [5.74, 6) is -0.0523. The van der Waals surface area contributed by atoms with Gasteiger partial charge in [0.2, 0.25) is 5.91 Å². The van der Waals surface area contributed by atoms with Gasteiger partial charge in [0, 0.05) is 18.2 Å². The molecule has 1 amide bonds. The van der Waals surface area contributed by atoms with Gasteiger partial charge in [0.05, 0.1) is 6.61 Å². The summed E-state index contributed by atoms with van der Waals surface area (Å²) >= 11 is 1.40. The van der Waals surface area contributed by atoms with Gasteiger partial charge in [0.15, 0.2) is 0 Å². The van der Waals surface area contributed by atoms with E-state index in [2.05, 4.69) is 5.32 Å². The second-order valence-electron chi connectivity index (χ2n) is 6.02. The van der Waals surface area contributed by atoms with Crippen LogP contribution in [-0.4, -0.2) is 74.1 Å². The van der Waals surface area contributed by atoms with Crippen LogP contribution in [0.4, 0.5) is 0 Å². The van der Waals surface area contributed by atoms with Crippen LogP contribution in [0.25, 0.3) is 0 Å². The number of rotatable bonds is 4. The zero-order valence-corrected chi connectivity index (χ0v) is 13.4. The fourth-order valence-electron chi connectivity index (χ4n) is 3.06. The maximum Gasteiger partial charge on any atom is 0.217 e. The van der Waals surface area contributed by atoms with E-state index in [0.29, 0.717) is 0 Å². The summed E-state index contributed by atoms with van der Waals surface area (Å²) in [7, 11) is 0. The van der Waals surface area contributed by atoms with Gasteiger partial charge in [-0.3, -0.25) is 4.79 Å². The number of hydrogen-bond donors (Lipinski definition) is 5. The third kappa shape index (κ3) is 4.33. The van der Waals surface area contributed by atoms with Gasteiger partial charge in [0.25, 0.3) is 0 Å². The standard InChI is InChI=1S/C14H25NO6S/c1-7(17)15-8-3-2-4-9(5-8)22-14-13(20)12(19)11(18)10(6-16)21-14/h8-14,16,18-20H,2-6H2,1H3,(H,15,17)/t8?,9?,10?,11-,12?,13?,14-/m0/s1. The number of ether oxygens (including phenoxy) is 1. The van der Waals surface area contributed by atoms with Gasteiger partial charge in [-0.2, -0.15) is 0 Å². The minimum absolute atomic E-state index is 0.0523. The van der Waals surface area contributed by atoms with Gasteiger partial charge in [0.1, 0.15) is 29.9 Å². The summed E-state index contributed by atoms with van der Waals surface area (Å²) in [6.45, 7) is 1.08. The largest absolute Gasteiger partial charge is 0.394 e. The number of hydrogen-bond acceptors (Lipinski definition) is 7. The van der Waals surface area contributed by atoms with Crippen LogP contribution < -0.4 is 5.32 Å². The van der Waals surface area contributed by atoms with Crippen LogP contribution in [0.1, 0.15) is 32.6 Å². The van der Waals surface area contributed by atoms with Crippen LogP contribution >= 0.6 is 11.8 Å². The molecule has 7 nitrogen and oxygen atoms in total. The molecule has 0 aromatic carbocycles. The van der Waals surface area contributed by atoms with Crippen molar-refractivity contribution in [2.24, 2.45) is 0 Å². The molecule has 5 N–H and O–H groups in total. The van der Waals surface area contributed by atoms with Crippen molar-refractivity contribution in [3.63, 3.8) is 0 Å². The van der Waals surface area contributed by atoms with Gasteiger partial charge < -0.3 is 30.5 Å². The van der Waals surface area contributed by atoms with Crippen LogP contribution in [-0.2, 0) is 9.53 Å². The Bertz CT molecular complexity index is 382. The third-order valence-electron chi connectivity index (χ3n) is 4.21. The highest BCUT2D eigenvalue weighted by molar-refractivity contribution is 8.00. The minimum Gasteiger partial charge on any atom is -0.394 e. The quantitative estimate of drug-likeness (QED) is 0.445. The van der Waals surface area contributed by atoms with Crippen molar-refractivity contribution in [2.45, 2.75) is 73.8 Å². The molecule has 2 aliphatic rings. The molecule has 7 atom stereocenters. The molecule has 1 heterocycles. The number of aliphatic hydroxyl groups excluding tert-OH is 4. The molecule has 0 spiro atoms. The second-order valence-corrected chi connectivity index (χ2v) is 7.42. The van der Waals surface area contributed by atoms with Gasteiger partial charge in [-0.05, 0) is 19.3 Å². The number of nitrogens with one attached hydrogen (secondary N) is 1. The zero-order valence-electron chi connectivity index (χ0n) is 12.6. The fraction of sp³-hybridized carbons (Fsp3) is 0.929. The summed E-state index contributed by atoms with van der Waals surface area (Å²) in [4.78, 5) is 11.2. The average molecular weight is 335 g/mol. The van der Waals surface area contributed by atoms with E-state index in [1.54, 1.807) is 0 Å². The SMILES string of the molecule is CC(=O)NC1CCCC(S[C@@H]2OC(CO)[C@H](O)C(O)C2O)C1. The molecule has 1 saturated heterocycles. The van der Waals surface area contributed by atoms with Crippen LogP contribution in [0.2, 0.25) is 0 Å². The lowest BCUT2D eigenvalue weighted by Crippen LogP contribution is -2.58. The topological polar surface area (TPSA) is 119 Å². The van der Waals surface area contributed by atoms with Gasteiger partial charge in [-0.15, -0.1) is 11.8 Å². The number of carbonyl (C=O) groups excluding carboxylic acids is 1. The van der Waals surface area contributed by atoms with Crippen molar-refractivity contribution in [1.82, 2.24) is 5.32 Å². The van der Waals surface area contributed by atoms with E-state index in [1.807, 2.05) is 0 Å². The monoisotopic (exact) mass is 335 g/mol. The van der Waals surface area contributed by atoms with Crippen LogP contribution in [0.5, 0.6) is 0 Å². The lowest BCUT2D eigenvalue weighted by atomic mass is 9.95. The molecule has 8 heteroatoms. The molecule has 128 valence electrons. The highest BCUT2D eigenvalue weighted by Gasteiger charge is 2.44. The Labute approximate surface area is 134 Å². The normalized spacial score (nSPS) is 42.9.